The summed E-state index contributed by atoms with van der Waals surface area (Å²) >= 11 is 0. The van der Waals surface area contributed by atoms with Gasteiger partial charge in [0.05, 0.1) is 20.8 Å². The zero-order valence-corrected chi connectivity index (χ0v) is 21.1. The van der Waals surface area contributed by atoms with Crippen LogP contribution in [0, 0.1) is 11.3 Å². The number of hydrogen-bond acceptors (Lipinski definition) is 6. The van der Waals surface area contributed by atoms with Crippen molar-refractivity contribution >= 4 is 17.5 Å². The quantitative estimate of drug-likeness (QED) is 0.508. The molecule has 2 aromatic rings. The third kappa shape index (κ3) is 5.16. The van der Waals surface area contributed by atoms with Gasteiger partial charge in [0.15, 0.2) is 5.78 Å². The molecule has 35 heavy (non-hydrogen) atoms. The molecule has 184 valence electrons. The van der Waals surface area contributed by atoms with Crippen LogP contribution in [-0.4, -0.2) is 38.3 Å². The zero-order valence-electron chi connectivity index (χ0n) is 21.1. The minimum Gasteiger partial charge on any atom is -0.497 e. The summed E-state index contributed by atoms with van der Waals surface area (Å²) in [7, 11) is 3.17. The van der Waals surface area contributed by atoms with Gasteiger partial charge >= 0.3 is 5.97 Å². The Morgan fingerprint density at radius 3 is 2.49 bits per heavy atom. The minimum absolute atomic E-state index is 0.0254. The van der Waals surface area contributed by atoms with Crippen molar-refractivity contribution < 1.29 is 23.8 Å². The molecule has 0 spiro atoms. The predicted molar refractivity (Wildman–Crippen MR) is 135 cm³/mol. The van der Waals surface area contributed by atoms with Crippen LogP contribution >= 0.6 is 0 Å². The molecule has 0 fully saturated rings. The number of hydrogen-bond donors (Lipinski definition) is 0. The first-order valence-electron chi connectivity index (χ1n) is 12.0. The Labute approximate surface area is 207 Å². The molecule has 0 N–H and O–H groups in total. The van der Waals surface area contributed by atoms with Crippen molar-refractivity contribution in [2.24, 2.45) is 16.3 Å². The molecule has 2 aromatic carbocycles. The third-order valence-electron chi connectivity index (χ3n) is 6.81. The highest BCUT2D eigenvalue weighted by Crippen LogP contribution is 2.50. The minimum atomic E-state index is -0.711. The van der Waals surface area contributed by atoms with Crippen LogP contribution in [0.2, 0.25) is 0 Å². The standard InChI is InChI=1S/C29H33NO5/c1-18-25(28(32)35-14-13-19-9-7-6-8-10-19)26(21-12-11-20(33-4)15-24(21)34-5)27-22(30-18)16-29(2,3)17-23(27)31/h6-12,15,25-26H,13-14,16-17H2,1-5H3/t25?,26-/m0/s1. The SMILES string of the molecule is COc1ccc([C@@H]2C3=C(CC(C)(C)CC3=O)N=C(C)C2C(=O)OCCc2ccccc2)c(OC)c1. The van der Waals surface area contributed by atoms with E-state index in [1.165, 1.54) is 0 Å². The number of ketones is 1. The van der Waals surface area contributed by atoms with Crippen LogP contribution in [0.25, 0.3) is 0 Å². The maximum absolute atomic E-state index is 13.5. The zero-order chi connectivity index (χ0) is 25.2. The predicted octanol–water partition coefficient (Wildman–Crippen LogP) is 5.31. The van der Waals surface area contributed by atoms with E-state index in [9.17, 15) is 9.59 Å². The summed E-state index contributed by atoms with van der Waals surface area (Å²) in [5, 5.41) is 0. The molecule has 2 atom stereocenters. The van der Waals surface area contributed by atoms with E-state index in [0.717, 1.165) is 16.8 Å². The van der Waals surface area contributed by atoms with E-state index < -0.39 is 11.8 Å². The van der Waals surface area contributed by atoms with Gasteiger partial charge in [0.1, 0.15) is 17.4 Å². The van der Waals surface area contributed by atoms with E-state index >= 15 is 0 Å². The summed E-state index contributed by atoms with van der Waals surface area (Å²) in [5.41, 5.74) is 3.69. The maximum Gasteiger partial charge on any atom is 0.315 e. The molecule has 0 radical (unpaired) electrons. The number of Topliss-reactive ketones (excluding diaryl/α,β-unsaturated/α-hetero) is 1. The second kappa shape index (κ2) is 10.1. The molecule has 0 bridgehead atoms. The van der Waals surface area contributed by atoms with Gasteiger partial charge in [-0.25, -0.2) is 0 Å². The number of carbonyl (C=O) groups excluding carboxylic acids is 2. The molecule has 6 nitrogen and oxygen atoms in total. The van der Waals surface area contributed by atoms with Crippen LogP contribution in [0.1, 0.15) is 50.7 Å². The van der Waals surface area contributed by atoms with E-state index in [-0.39, 0.29) is 23.8 Å². The van der Waals surface area contributed by atoms with E-state index in [0.29, 0.717) is 42.0 Å². The maximum atomic E-state index is 13.5. The summed E-state index contributed by atoms with van der Waals surface area (Å²) in [4.78, 5) is 31.8. The molecule has 0 saturated heterocycles. The molecule has 1 aliphatic carbocycles. The van der Waals surface area contributed by atoms with Crippen molar-refractivity contribution in [2.75, 3.05) is 20.8 Å². The molecule has 1 unspecified atom stereocenters. The van der Waals surface area contributed by atoms with Gasteiger partial charge in [-0.15, -0.1) is 0 Å². The van der Waals surface area contributed by atoms with Crippen LogP contribution < -0.4 is 9.47 Å². The number of benzene rings is 2. The number of rotatable bonds is 7. The molecule has 1 aliphatic heterocycles. The van der Waals surface area contributed by atoms with Crippen molar-refractivity contribution in [2.45, 2.75) is 46.0 Å². The lowest BCUT2D eigenvalue weighted by Gasteiger charge is -2.39. The van der Waals surface area contributed by atoms with Crippen LogP contribution in [0.5, 0.6) is 11.5 Å². The van der Waals surface area contributed by atoms with Crippen molar-refractivity contribution in [3.05, 3.63) is 70.9 Å². The van der Waals surface area contributed by atoms with Crippen molar-refractivity contribution in [3.8, 4) is 11.5 Å². The second-order valence-corrected chi connectivity index (χ2v) is 10.0. The molecule has 2 aliphatic rings. The van der Waals surface area contributed by atoms with Gasteiger partial charge in [0.2, 0.25) is 0 Å². The fourth-order valence-electron chi connectivity index (χ4n) is 5.17. The Bertz CT molecular complexity index is 1180. The normalized spacial score (nSPS) is 21.2. The summed E-state index contributed by atoms with van der Waals surface area (Å²) in [6.45, 7) is 6.26. The van der Waals surface area contributed by atoms with Gasteiger partial charge in [0, 0.05) is 47.4 Å². The number of aliphatic imine (C=N–C) groups is 1. The first kappa shape index (κ1) is 24.7. The van der Waals surface area contributed by atoms with Gasteiger partial charge < -0.3 is 14.2 Å². The molecule has 0 amide bonds. The number of carbonyl (C=O) groups is 2. The number of ether oxygens (including phenoxy) is 3. The smallest absolute Gasteiger partial charge is 0.315 e. The lowest BCUT2D eigenvalue weighted by molar-refractivity contribution is -0.146. The fraction of sp³-hybridized carbons (Fsp3) is 0.414. The summed E-state index contributed by atoms with van der Waals surface area (Å²) in [6.07, 6.45) is 1.70. The Morgan fingerprint density at radius 1 is 1.06 bits per heavy atom. The van der Waals surface area contributed by atoms with E-state index in [1.54, 1.807) is 20.3 Å². The van der Waals surface area contributed by atoms with Gasteiger partial charge in [-0.05, 0) is 30.4 Å². The molecule has 1 heterocycles. The van der Waals surface area contributed by atoms with Crippen molar-refractivity contribution in [3.63, 3.8) is 0 Å². The van der Waals surface area contributed by atoms with Crippen molar-refractivity contribution in [1.82, 2.24) is 0 Å². The molecule has 6 heteroatoms. The van der Waals surface area contributed by atoms with Crippen LogP contribution in [-0.2, 0) is 20.7 Å². The third-order valence-corrected chi connectivity index (χ3v) is 6.81. The molecule has 0 aromatic heterocycles. The van der Waals surface area contributed by atoms with Gasteiger partial charge in [0.25, 0.3) is 0 Å². The lowest BCUT2D eigenvalue weighted by atomic mass is 9.66. The Hall–Kier alpha value is -3.41. The van der Waals surface area contributed by atoms with Crippen LogP contribution in [0.3, 0.4) is 0 Å². The van der Waals surface area contributed by atoms with Crippen LogP contribution in [0.15, 0.2) is 64.8 Å². The number of esters is 1. The Balaban J connectivity index is 1.72. The number of allylic oxidation sites excluding steroid dienone is 2. The van der Waals surface area contributed by atoms with Crippen molar-refractivity contribution in [1.29, 1.82) is 0 Å². The largest absolute Gasteiger partial charge is 0.497 e. The Morgan fingerprint density at radius 2 is 1.80 bits per heavy atom. The first-order chi connectivity index (χ1) is 16.7. The summed E-state index contributed by atoms with van der Waals surface area (Å²) < 4.78 is 16.8. The number of methoxy groups -OCH3 is 2. The molecule has 0 saturated carbocycles. The Kier molecular flexibility index (Phi) is 7.10. The molecule has 4 rings (SSSR count). The summed E-state index contributed by atoms with van der Waals surface area (Å²) in [5.74, 6) is -0.394. The molecular weight excluding hydrogens is 442 g/mol. The topological polar surface area (TPSA) is 74.2 Å². The average molecular weight is 476 g/mol. The first-order valence-corrected chi connectivity index (χ1v) is 12.0. The van der Waals surface area contributed by atoms with E-state index in [1.807, 2.05) is 49.4 Å². The van der Waals surface area contributed by atoms with E-state index in [2.05, 4.69) is 13.8 Å². The van der Waals surface area contributed by atoms with Gasteiger partial charge in [-0.3, -0.25) is 14.6 Å². The highest BCUT2D eigenvalue weighted by atomic mass is 16.5. The van der Waals surface area contributed by atoms with E-state index in [4.69, 9.17) is 19.2 Å². The highest BCUT2D eigenvalue weighted by molar-refractivity contribution is 6.09. The lowest BCUT2D eigenvalue weighted by Crippen LogP contribution is -2.39. The average Bonchev–Trinajstić information content (AvgIpc) is 2.82. The second-order valence-electron chi connectivity index (χ2n) is 10.0. The number of nitrogens with zero attached hydrogens (tertiary/aromatic N) is 1. The van der Waals surface area contributed by atoms with Crippen LogP contribution in [0.4, 0.5) is 0 Å². The summed E-state index contributed by atoms with van der Waals surface area (Å²) in [6, 6.07) is 15.4. The molecular formula is C29H33NO5. The van der Waals surface area contributed by atoms with Gasteiger partial charge in [-0.1, -0.05) is 50.2 Å². The van der Waals surface area contributed by atoms with Gasteiger partial charge in [-0.2, -0.15) is 0 Å². The highest BCUT2D eigenvalue weighted by Gasteiger charge is 2.46. The fourth-order valence-corrected chi connectivity index (χ4v) is 5.17. The monoisotopic (exact) mass is 475 g/mol.